The maximum atomic E-state index is 6.90. The Morgan fingerprint density at radius 1 is 1.88 bits per heavy atom. The number of hydrogen-bond donors (Lipinski definition) is 0. The number of rotatable bonds is 4. The molecule has 0 saturated heterocycles. The Morgan fingerprint density at radius 3 is 2.88 bits per heavy atom. The van der Waals surface area contributed by atoms with Crippen molar-refractivity contribution in [3.63, 3.8) is 0 Å². The van der Waals surface area contributed by atoms with E-state index in [1.807, 2.05) is 19.9 Å². The number of allylic oxidation sites excluding steroid dienone is 1. The van der Waals surface area contributed by atoms with E-state index < -0.39 is 0 Å². The molecule has 0 unspecified atom stereocenters. The Labute approximate surface area is 54.0 Å². The molecule has 0 aliphatic carbocycles. The second kappa shape index (κ2) is 2.91. The molecule has 8 heavy (non-hydrogen) atoms. The van der Waals surface area contributed by atoms with Crippen LogP contribution in [-0.2, 0) is 0 Å². The lowest BCUT2D eigenvalue weighted by Gasteiger charge is -2.15. The van der Waals surface area contributed by atoms with Gasteiger partial charge in [-0.05, 0) is 25.2 Å². The summed E-state index contributed by atoms with van der Waals surface area (Å²) in [4.78, 5) is 0. The van der Waals surface area contributed by atoms with Crippen LogP contribution >= 0.6 is 0 Å². The third-order valence-corrected chi connectivity index (χ3v) is 0.973. The molecule has 0 aliphatic rings. The van der Waals surface area contributed by atoms with Crippen molar-refractivity contribution >= 4 is 0 Å². The predicted molar refractivity (Wildman–Crippen MR) is 37.5 cm³/mol. The van der Waals surface area contributed by atoms with Crippen LogP contribution in [-0.4, -0.2) is 0 Å². The van der Waals surface area contributed by atoms with E-state index in [9.17, 15) is 0 Å². The Kier molecular flexibility index (Phi) is 2.13. The van der Waals surface area contributed by atoms with Crippen molar-refractivity contribution in [2.45, 2.75) is 26.7 Å². The molecule has 0 aromatic rings. The third-order valence-electron chi connectivity index (χ3n) is 0.973. The van der Waals surface area contributed by atoms with Crippen LogP contribution in [0.15, 0.2) is 12.7 Å². The molecule has 0 aromatic carbocycles. The van der Waals surface area contributed by atoms with Gasteiger partial charge in [0.2, 0.25) is 0 Å². The molecule has 0 bridgehead atoms. The molecule has 0 heteroatoms. The SMILES string of the molecule is [2H][C]C(C)(C)CCC=C. The minimum Gasteiger partial charge on any atom is -0.103 e. The van der Waals surface area contributed by atoms with E-state index in [1.54, 1.807) is 0 Å². The monoisotopic (exact) mass is 111 g/mol. The molecule has 2 radical (unpaired) electrons. The van der Waals surface area contributed by atoms with Crippen molar-refractivity contribution < 1.29 is 1.37 Å². The normalized spacial score (nSPS) is 13.0. The van der Waals surface area contributed by atoms with Gasteiger partial charge in [-0.15, -0.1) is 6.58 Å². The van der Waals surface area contributed by atoms with Crippen LogP contribution in [0.5, 0.6) is 0 Å². The molecule has 0 atom stereocenters. The molecule has 0 rings (SSSR count). The van der Waals surface area contributed by atoms with E-state index in [1.165, 1.54) is 0 Å². The molecule has 0 aliphatic heterocycles. The molecular formula is C8H14. The lowest BCUT2D eigenvalue weighted by Crippen LogP contribution is -2.03. The van der Waals surface area contributed by atoms with E-state index in [-0.39, 0.29) is 5.41 Å². The van der Waals surface area contributed by atoms with Crippen LogP contribution in [0.4, 0.5) is 0 Å². The van der Waals surface area contributed by atoms with Gasteiger partial charge in [0.05, 0.1) is 0 Å². The minimum absolute atomic E-state index is 0.0613. The predicted octanol–water partition coefficient (Wildman–Crippen LogP) is 2.69. The molecule has 46 valence electrons. The summed E-state index contributed by atoms with van der Waals surface area (Å²) in [5.74, 6) is 0. The second-order valence-corrected chi connectivity index (χ2v) is 2.71. The number of hydrogen-bond acceptors (Lipinski definition) is 0. The van der Waals surface area contributed by atoms with Gasteiger partial charge in [0, 0.05) is 1.37 Å². The van der Waals surface area contributed by atoms with Crippen LogP contribution < -0.4 is 0 Å². The van der Waals surface area contributed by atoms with Gasteiger partial charge in [-0.25, -0.2) is 0 Å². The van der Waals surface area contributed by atoms with E-state index in [4.69, 9.17) is 1.37 Å². The molecule has 0 spiro atoms. The minimum atomic E-state index is -0.0613. The summed E-state index contributed by atoms with van der Waals surface area (Å²) in [6, 6.07) is 0. The van der Waals surface area contributed by atoms with Gasteiger partial charge >= 0.3 is 0 Å². The van der Waals surface area contributed by atoms with Crippen molar-refractivity contribution in [1.29, 1.82) is 0 Å². The second-order valence-electron chi connectivity index (χ2n) is 2.71. The van der Waals surface area contributed by atoms with Crippen molar-refractivity contribution in [2.75, 3.05) is 0 Å². The van der Waals surface area contributed by atoms with E-state index in [0.717, 1.165) is 12.8 Å². The molecule has 0 amide bonds. The van der Waals surface area contributed by atoms with Crippen LogP contribution in [0.25, 0.3) is 0 Å². The summed E-state index contributed by atoms with van der Waals surface area (Å²) in [5.41, 5.74) is -0.0613. The van der Waals surface area contributed by atoms with Gasteiger partial charge in [-0.1, -0.05) is 19.9 Å². The first-order chi connectivity index (χ1) is 4.12. The van der Waals surface area contributed by atoms with Gasteiger partial charge in [0.15, 0.2) is 0 Å². The summed E-state index contributed by atoms with van der Waals surface area (Å²) >= 11 is 0. The summed E-state index contributed by atoms with van der Waals surface area (Å²) < 4.78 is 6.90. The van der Waals surface area contributed by atoms with Crippen molar-refractivity contribution in [2.24, 2.45) is 5.41 Å². The van der Waals surface area contributed by atoms with Crippen molar-refractivity contribution in [1.82, 2.24) is 0 Å². The van der Waals surface area contributed by atoms with E-state index in [2.05, 4.69) is 13.5 Å². The summed E-state index contributed by atoms with van der Waals surface area (Å²) in [6.07, 6.45) is 3.82. The molecule has 0 N–H and O–H groups in total. The quantitative estimate of drug-likeness (QED) is 0.489. The molecule has 0 saturated carbocycles. The lowest BCUT2D eigenvalue weighted by molar-refractivity contribution is 0.438. The molecule has 0 heterocycles. The maximum absolute atomic E-state index is 6.90. The zero-order valence-electron chi connectivity index (χ0n) is 6.70. The van der Waals surface area contributed by atoms with E-state index >= 15 is 0 Å². The van der Waals surface area contributed by atoms with Gasteiger partial charge in [-0.2, -0.15) is 0 Å². The fourth-order valence-electron chi connectivity index (χ4n) is 0.463. The fourth-order valence-corrected chi connectivity index (χ4v) is 0.463. The van der Waals surface area contributed by atoms with Crippen LogP contribution in [0.3, 0.4) is 0 Å². The first-order valence-electron chi connectivity index (χ1n) is 3.42. The standard InChI is InChI=1S/C8H14/c1-5-6-7-8(2,3)4/h2,5H,1,6-7H2,3-4H3/i2D. The first kappa shape index (κ1) is 5.87. The highest BCUT2D eigenvalue weighted by Gasteiger charge is 2.07. The molecule has 0 aromatic heterocycles. The van der Waals surface area contributed by atoms with Crippen LogP contribution in [0.1, 0.15) is 28.1 Å². The van der Waals surface area contributed by atoms with Gasteiger partial charge in [0.1, 0.15) is 0 Å². The smallest absolute Gasteiger partial charge is 0.0315 e. The lowest BCUT2D eigenvalue weighted by atomic mass is 9.91. The van der Waals surface area contributed by atoms with Crippen molar-refractivity contribution in [3.05, 3.63) is 19.6 Å². The fraction of sp³-hybridized carbons (Fsp3) is 0.625. The first-order valence-corrected chi connectivity index (χ1v) is 2.92. The molecule has 0 fully saturated rings. The highest BCUT2D eigenvalue weighted by Crippen LogP contribution is 2.19. The summed E-state index contributed by atoms with van der Waals surface area (Å²) in [6.45, 7) is 10.1. The van der Waals surface area contributed by atoms with Crippen LogP contribution in [0, 0.1) is 12.3 Å². The highest BCUT2D eigenvalue weighted by atomic mass is 14.1. The van der Waals surface area contributed by atoms with Gasteiger partial charge in [-0.3, -0.25) is 0 Å². The largest absolute Gasteiger partial charge is 0.103 e. The Balaban J connectivity index is 3.44. The Hall–Kier alpha value is -0.260. The van der Waals surface area contributed by atoms with Gasteiger partial charge < -0.3 is 0 Å². The zero-order valence-corrected chi connectivity index (χ0v) is 5.70. The average Bonchev–Trinajstić information content (AvgIpc) is 1.84. The molecular weight excluding hydrogens is 96.1 g/mol. The maximum Gasteiger partial charge on any atom is 0.0315 e. The average molecular weight is 111 g/mol. The topological polar surface area (TPSA) is 0 Å². The Bertz CT molecular complexity index is 84.6. The van der Waals surface area contributed by atoms with Crippen molar-refractivity contribution in [3.8, 4) is 0 Å². The van der Waals surface area contributed by atoms with E-state index in [0.29, 0.717) is 0 Å². The van der Waals surface area contributed by atoms with Gasteiger partial charge in [0.25, 0.3) is 0 Å². The molecule has 0 nitrogen and oxygen atoms in total. The Morgan fingerprint density at radius 2 is 2.50 bits per heavy atom. The third kappa shape index (κ3) is 5.74. The highest BCUT2D eigenvalue weighted by molar-refractivity contribution is 4.76. The summed E-state index contributed by atoms with van der Waals surface area (Å²) in [5, 5.41) is 0. The zero-order chi connectivity index (χ0) is 7.33. The van der Waals surface area contributed by atoms with Crippen LogP contribution in [0.2, 0.25) is 0 Å². The summed E-state index contributed by atoms with van der Waals surface area (Å²) in [7, 11) is 0.